The summed E-state index contributed by atoms with van der Waals surface area (Å²) in [5, 5.41) is 4.88. The molecule has 2 rings (SSSR count). The lowest BCUT2D eigenvalue weighted by Crippen LogP contribution is -2.38. The van der Waals surface area contributed by atoms with Gasteiger partial charge in [0.25, 0.3) is 0 Å². The first-order valence-electron chi connectivity index (χ1n) is 6.43. The lowest BCUT2D eigenvalue weighted by atomic mass is 9.99. The molecule has 1 aliphatic rings. The van der Waals surface area contributed by atoms with Crippen molar-refractivity contribution in [3.8, 4) is 0 Å². The molecule has 0 radical (unpaired) electrons. The first-order chi connectivity index (χ1) is 7.69. The zero-order chi connectivity index (χ0) is 11.6. The molecule has 1 atom stereocenters. The van der Waals surface area contributed by atoms with Crippen molar-refractivity contribution < 1.29 is 0 Å². The summed E-state index contributed by atoms with van der Waals surface area (Å²) in [7, 11) is 0. The summed E-state index contributed by atoms with van der Waals surface area (Å²) < 4.78 is 0. The van der Waals surface area contributed by atoms with Gasteiger partial charge >= 0.3 is 0 Å². The van der Waals surface area contributed by atoms with E-state index >= 15 is 0 Å². The Labute approximate surface area is 102 Å². The SMILES string of the molecule is CCNC(C)(CC)c1nc2c(s1)CCCC2. The summed E-state index contributed by atoms with van der Waals surface area (Å²) in [5.41, 5.74) is 1.46. The highest BCUT2D eigenvalue weighted by Gasteiger charge is 2.29. The minimum Gasteiger partial charge on any atom is -0.306 e. The lowest BCUT2D eigenvalue weighted by Gasteiger charge is -2.26. The molecule has 1 N–H and O–H groups in total. The molecule has 0 amide bonds. The molecule has 0 bridgehead atoms. The van der Waals surface area contributed by atoms with E-state index in [9.17, 15) is 0 Å². The Bertz CT molecular complexity index is 335. The fourth-order valence-corrected chi connectivity index (χ4v) is 3.67. The molecule has 1 heterocycles. The fourth-order valence-electron chi connectivity index (χ4n) is 2.33. The number of hydrogen-bond donors (Lipinski definition) is 1. The quantitative estimate of drug-likeness (QED) is 0.871. The Hall–Kier alpha value is -0.410. The van der Waals surface area contributed by atoms with Gasteiger partial charge in [-0.3, -0.25) is 0 Å². The smallest absolute Gasteiger partial charge is 0.113 e. The van der Waals surface area contributed by atoms with Gasteiger partial charge in [0.2, 0.25) is 0 Å². The molecule has 1 unspecified atom stereocenters. The number of thiazole rings is 1. The number of nitrogens with one attached hydrogen (secondary N) is 1. The topological polar surface area (TPSA) is 24.9 Å². The summed E-state index contributed by atoms with van der Waals surface area (Å²) >= 11 is 1.93. The van der Waals surface area contributed by atoms with Crippen LogP contribution in [0.4, 0.5) is 0 Å². The minimum absolute atomic E-state index is 0.0801. The van der Waals surface area contributed by atoms with Crippen LogP contribution in [0.1, 0.15) is 55.6 Å². The Balaban J connectivity index is 2.28. The summed E-state index contributed by atoms with van der Waals surface area (Å²) in [5.74, 6) is 0. The van der Waals surface area contributed by atoms with E-state index in [0.29, 0.717) is 0 Å². The van der Waals surface area contributed by atoms with Crippen molar-refractivity contribution in [1.29, 1.82) is 0 Å². The van der Waals surface area contributed by atoms with Gasteiger partial charge in [-0.05, 0) is 45.6 Å². The third kappa shape index (κ3) is 2.16. The molecular formula is C13H22N2S. The number of aryl methyl sites for hydroxylation is 2. The van der Waals surface area contributed by atoms with E-state index in [-0.39, 0.29) is 5.54 Å². The number of fused-ring (bicyclic) bond motifs is 1. The average Bonchev–Trinajstić information content (AvgIpc) is 2.73. The zero-order valence-electron chi connectivity index (χ0n) is 10.6. The third-order valence-corrected chi connectivity index (χ3v) is 5.01. The van der Waals surface area contributed by atoms with Crippen LogP contribution in [0, 0.1) is 0 Å². The van der Waals surface area contributed by atoms with Crippen LogP contribution in [0.25, 0.3) is 0 Å². The predicted octanol–water partition coefficient (Wildman–Crippen LogP) is 3.26. The van der Waals surface area contributed by atoms with Gasteiger partial charge in [-0.25, -0.2) is 4.98 Å². The highest BCUT2D eigenvalue weighted by Crippen LogP contribution is 2.33. The van der Waals surface area contributed by atoms with Crippen LogP contribution in [0.15, 0.2) is 0 Å². The normalized spacial score (nSPS) is 19.2. The van der Waals surface area contributed by atoms with Crippen molar-refractivity contribution in [2.75, 3.05) is 6.54 Å². The third-order valence-electron chi connectivity index (χ3n) is 3.59. The lowest BCUT2D eigenvalue weighted by molar-refractivity contribution is 0.361. The Kier molecular flexibility index (Phi) is 3.65. The van der Waals surface area contributed by atoms with Crippen molar-refractivity contribution >= 4 is 11.3 Å². The van der Waals surface area contributed by atoms with E-state index in [4.69, 9.17) is 4.98 Å². The molecule has 2 nitrogen and oxygen atoms in total. The summed E-state index contributed by atoms with van der Waals surface area (Å²) in [6.07, 6.45) is 6.21. The highest BCUT2D eigenvalue weighted by molar-refractivity contribution is 7.11. The first kappa shape index (κ1) is 12.1. The van der Waals surface area contributed by atoms with Crippen molar-refractivity contribution in [3.63, 3.8) is 0 Å². The molecule has 0 spiro atoms. The van der Waals surface area contributed by atoms with E-state index in [0.717, 1.165) is 13.0 Å². The van der Waals surface area contributed by atoms with Gasteiger partial charge in [0.15, 0.2) is 0 Å². The Morgan fingerprint density at radius 3 is 2.69 bits per heavy atom. The van der Waals surface area contributed by atoms with Crippen molar-refractivity contribution in [2.24, 2.45) is 0 Å². The van der Waals surface area contributed by atoms with E-state index in [1.54, 1.807) is 4.88 Å². The molecule has 0 aliphatic heterocycles. The molecule has 3 heteroatoms. The fraction of sp³-hybridized carbons (Fsp3) is 0.769. The van der Waals surface area contributed by atoms with Crippen LogP contribution >= 0.6 is 11.3 Å². The predicted molar refractivity (Wildman–Crippen MR) is 70.1 cm³/mol. The maximum Gasteiger partial charge on any atom is 0.113 e. The minimum atomic E-state index is 0.0801. The average molecular weight is 238 g/mol. The standard InChI is InChI=1S/C13H22N2S/c1-4-13(3,14-5-2)12-15-10-8-6-7-9-11(10)16-12/h14H,4-9H2,1-3H3. The van der Waals surface area contributed by atoms with Gasteiger partial charge in [0.1, 0.15) is 5.01 Å². The van der Waals surface area contributed by atoms with Crippen LogP contribution in [-0.4, -0.2) is 11.5 Å². The molecule has 0 fully saturated rings. The molecule has 0 saturated heterocycles. The van der Waals surface area contributed by atoms with Crippen molar-refractivity contribution in [1.82, 2.24) is 10.3 Å². The number of aromatic nitrogens is 1. The second-order valence-electron chi connectivity index (χ2n) is 4.81. The summed E-state index contributed by atoms with van der Waals surface area (Å²) in [6.45, 7) is 7.69. The number of nitrogens with zero attached hydrogens (tertiary/aromatic N) is 1. The monoisotopic (exact) mass is 238 g/mol. The van der Waals surface area contributed by atoms with E-state index in [1.807, 2.05) is 11.3 Å². The summed E-state index contributed by atoms with van der Waals surface area (Å²) in [4.78, 5) is 6.41. The number of rotatable bonds is 4. The van der Waals surface area contributed by atoms with Crippen LogP contribution in [0.3, 0.4) is 0 Å². The van der Waals surface area contributed by atoms with Gasteiger partial charge in [-0.15, -0.1) is 11.3 Å². The Morgan fingerprint density at radius 2 is 2.06 bits per heavy atom. The maximum atomic E-state index is 4.87. The molecule has 1 aliphatic carbocycles. The molecule has 1 aromatic rings. The molecular weight excluding hydrogens is 216 g/mol. The van der Waals surface area contributed by atoms with E-state index < -0.39 is 0 Å². The molecule has 0 saturated carbocycles. The van der Waals surface area contributed by atoms with Crippen LogP contribution in [0.2, 0.25) is 0 Å². The molecule has 16 heavy (non-hydrogen) atoms. The van der Waals surface area contributed by atoms with Crippen molar-refractivity contribution in [3.05, 3.63) is 15.6 Å². The second-order valence-corrected chi connectivity index (χ2v) is 5.90. The summed E-state index contributed by atoms with van der Waals surface area (Å²) in [6, 6.07) is 0. The largest absolute Gasteiger partial charge is 0.306 e. The molecule has 90 valence electrons. The first-order valence-corrected chi connectivity index (χ1v) is 7.25. The zero-order valence-corrected chi connectivity index (χ0v) is 11.4. The van der Waals surface area contributed by atoms with Crippen LogP contribution in [-0.2, 0) is 18.4 Å². The van der Waals surface area contributed by atoms with Gasteiger partial charge in [0, 0.05) is 4.88 Å². The second kappa shape index (κ2) is 4.84. The van der Waals surface area contributed by atoms with Crippen LogP contribution < -0.4 is 5.32 Å². The van der Waals surface area contributed by atoms with E-state index in [2.05, 4.69) is 26.1 Å². The maximum absolute atomic E-state index is 4.87. The van der Waals surface area contributed by atoms with Crippen LogP contribution in [0.5, 0.6) is 0 Å². The van der Waals surface area contributed by atoms with Gasteiger partial charge < -0.3 is 5.32 Å². The molecule has 1 aromatic heterocycles. The Morgan fingerprint density at radius 1 is 1.31 bits per heavy atom. The van der Waals surface area contributed by atoms with Gasteiger partial charge in [-0.2, -0.15) is 0 Å². The highest BCUT2D eigenvalue weighted by atomic mass is 32.1. The molecule has 0 aromatic carbocycles. The van der Waals surface area contributed by atoms with Crippen molar-refractivity contribution in [2.45, 2.75) is 58.4 Å². The van der Waals surface area contributed by atoms with Gasteiger partial charge in [0.05, 0.1) is 11.2 Å². The van der Waals surface area contributed by atoms with E-state index in [1.165, 1.54) is 36.4 Å². The van der Waals surface area contributed by atoms with Gasteiger partial charge in [-0.1, -0.05) is 13.8 Å². The number of hydrogen-bond acceptors (Lipinski definition) is 3.